The fraction of sp³-hybridized carbons (Fsp3) is 0.500. The molecular formula is C28H36N4O3. The number of benzene rings is 1. The van der Waals surface area contributed by atoms with Crippen LogP contribution in [-0.4, -0.2) is 41.0 Å². The van der Waals surface area contributed by atoms with E-state index in [4.69, 9.17) is 4.74 Å². The average molecular weight is 477 g/mol. The SMILES string of the molecule is C=CC1C[C@H](OC(=O)C2(c3ccccc3)CCCCCC2)C1CCNCC(=O)Nc1cnccn1. The van der Waals surface area contributed by atoms with Crippen molar-refractivity contribution in [3.05, 3.63) is 67.1 Å². The molecule has 7 heteroatoms. The number of carbonyl (C=O) groups excluding carboxylic acids is 2. The third kappa shape index (κ3) is 6.14. The van der Waals surface area contributed by atoms with Crippen LogP contribution in [0.15, 0.2) is 61.6 Å². The fourth-order valence-corrected chi connectivity index (χ4v) is 5.48. The van der Waals surface area contributed by atoms with Crippen LogP contribution in [0, 0.1) is 11.8 Å². The van der Waals surface area contributed by atoms with Gasteiger partial charge in [0.15, 0.2) is 5.82 Å². The van der Waals surface area contributed by atoms with Gasteiger partial charge < -0.3 is 15.4 Å². The molecule has 35 heavy (non-hydrogen) atoms. The molecule has 2 unspecified atom stereocenters. The van der Waals surface area contributed by atoms with E-state index in [9.17, 15) is 9.59 Å². The Morgan fingerprint density at radius 1 is 1.11 bits per heavy atom. The van der Waals surface area contributed by atoms with Crippen LogP contribution in [0.2, 0.25) is 0 Å². The number of rotatable bonds is 10. The van der Waals surface area contributed by atoms with E-state index in [0.29, 0.717) is 18.3 Å². The van der Waals surface area contributed by atoms with Gasteiger partial charge in [-0.3, -0.25) is 14.6 Å². The van der Waals surface area contributed by atoms with Crippen LogP contribution in [0.1, 0.15) is 56.9 Å². The predicted molar refractivity (Wildman–Crippen MR) is 136 cm³/mol. The van der Waals surface area contributed by atoms with Crippen molar-refractivity contribution in [2.45, 2.75) is 62.9 Å². The van der Waals surface area contributed by atoms with Crippen LogP contribution >= 0.6 is 0 Å². The standard InChI is InChI=1S/C28H36N4O3/c1-2-21-18-24(23(21)12-15-29-20-26(33)32-25-19-30-16-17-31-25)35-27(34)28(13-8-3-4-9-14-28)22-10-6-5-7-11-22/h2,5-7,10-11,16-17,19,21,23-24,29H,1,3-4,8-9,12-15,18,20H2,(H,31,32,33)/t21?,23?,24-/m0/s1. The van der Waals surface area contributed by atoms with Gasteiger partial charge in [0, 0.05) is 18.3 Å². The van der Waals surface area contributed by atoms with Crippen molar-refractivity contribution in [3.8, 4) is 0 Å². The molecular weight excluding hydrogens is 440 g/mol. The second kappa shape index (κ2) is 12.1. The van der Waals surface area contributed by atoms with E-state index in [1.54, 1.807) is 6.20 Å². The molecule has 0 saturated heterocycles. The first-order valence-corrected chi connectivity index (χ1v) is 12.8. The number of amides is 1. The van der Waals surface area contributed by atoms with E-state index < -0.39 is 5.41 Å². The first-order chi connectivity index (χ1) is 17.1. The molecule has 0 radical (unpaired) electrons. The second-order valence-electron chi connectivity index (χ2n) is 9.71. The van der Waals surface area contributed by atoms with Crippen molar-refractivity contribution >= 4 is 17.7 Å². The van der Waals surface area contributed by atoms with Crippen molar-refractivity contribution in [3.63, 3.8) is 0 Å². The lowest BCUT2D eigenvalue weighted by molar-refractivity contribution is -0.169. The zero-order chi connectivity index (χ0) is 24.5. The van der Waals surface area contributed by atoms with Gasteiger partial charge in [0.25, 0.3) is 0 Å². The molecule has 1 heterocycles. The molecule has 0 bridgehead atoms. The topological polar surface area (TPSA) is 93.2 Å². The lowest BCUT2D eigenvalue weighted by Crippen LogP contribution is -2.48. The normalized spacial score (nSPS) is 23.4. The summed E-state index contributed by atoms with van der Waals surface area (Å²) in [6.45, 7) is 4.81. The molecule has 4 rings (SSSR count). The van der Waals surface area contributed by atoms with Gasteiger partial charge in [-0.05, 0) is 43.7 Å². The first-order valence-electron chi connectivity index (χ1n) is 12.8. The molecule has 0 aliphatic heterocycles. The number of hydrogen-bond donors (Lipinski definition) is 2. The Balaban J connectivity index is 1.32. The molecule has 2 fully saturated rings. The minimum atomic E-state index is -0.543. The number of aromatic nitrogens is 2. The van der Waals surface area contributed by atoms with Gasteiger partial charge >= 0.3 is 5.97 Å². The number of allylic oxidation sites excluding steroid dienone is 1. The van der Waals surface area contributed by atoms with Gasteiger partial charge in [0.2, 0.25) is 5.91 Å². The maximum absolute atomic E-state index is 13.7. The Labute approximate surface area is 207 Å². The van der Waals surface area contributed by atoms with E-state index in [0.717, 1.165) is 44.1 Å². The van der Waals surface area contributed by atoms with Crippen LogP contribution in [0.4, 0.5) is 5.82 Å². The van der Waals surface area contributed by atoms with Crippen molar-refractivity contribution in [1.29, 1.82) is 0 Å². The number of nitrogens with one attached hydrogen (secondary N) is 2. The van der Waals surface area contributed by atoms with Crippen molar-refractivity contribution in [1.82, 2.24) is 15.3 Å². The minimum Gasteiger partial charge on any atom is -0.461 e. The number of ether oxygens (including phenoxy) is 1. The number of anilines is 1. The first kappa shape index (κ1) is 25.0. The van der Waals surface area contributed by atoms with Crippen LogP contribution < -0.4 is 10.6 Å². The van der Waals surface area contributed by atoms with E-state index in [1.165, 1.54) is 25.2 Å². The zero-order valence-electron chi connectivity index (χ0n) is 20.3. The zero-order valence-corrected chi connectivity index (χ0v) is 20.3. The summed E-state index contributed by atoms with van der Waals surface area (Å²) in [6.07, 6.45) is 14.2. The Kier molecular flexibility index (Phi) is 8.64. The molecule has 1 amide bonds. The lowest BCUT2D eigenvalue weighted by Gasteiger charge is -2.44. The monoisotopic (exact) mass is 476 g/mol. The number of nitrogens with zero attached hydrogens (tertiary/aromatic N) is 2. The van der Waals surface area contributed by atoms with E-state index in [1.807, 2.05) is 24.3 Å². The summed E-state index contributed by atoms with van der Waals surface area (Å²) in [6, 6.07) is 10.2. The molecule has 7 nitrogen and oxygen atoms in total. The van der Waals surface area contributed by atoms with E-state index >= 15 is 0 Å². The highest BCUT2D eigenvalue weighted by Gasteiger charge is 2.47. The van der Waals surface area contributed by atoms with Crippen molar-refractivity contribution in [2.24, 2.45) is 11.8 Å². The third-order valence-corrected chi connectivity index (χ3v) is 7.54. The molecule has 2 aliphatic carbocycles. The minimum absolute atomic E-state index is 0.0700. The van der Waals surface area contributed by atoms with E-state index in [-0.39, 0.29) is 30.4 Å². The Bertz CT molecular complexity index is 974. The Morgan fingerprint density at radius 3 is 2.57 bits per heavy atom. The molecule has 1 aromatic heterocycles. The summed E-state index contributed by atoms with van der Waals surface area (Å²) in [7, 11) is 0. The molecule has 3 atom stereocenters. The van der Waals surface area contributed by atoms with Crippen LogP contribution in [0.3, 0.4) is 0 Å². The Morgan fingerprint density at radius 2 is 1.89 bits per heavy atom. The predicted octanol–water partition coefficient (Wildman–Crippen LogP) is 4.42. The molecule has 2 N–H and O–H groups in total. The molecule has 0 spiro atoms. The van der Waals surface area contributed by atoms with Crippen LogP contribution in [-0.2, 0) is 19.7 Å². The highest BCUT2D eigenvalue weighted by atomic mass is 16.5. The summed E-state index contributed by atoms with van der Waals surface area (Å²) in [5, 5.41) is 5.91. The summed E-state index contributed by atoms with van der Waals surface area (Å²) in [5.74, 6) is 0.734. The van der Waals surface area contributed by atoms with E-state index in [2.05, 4.69) is 39.3 Å². The van der Waals surface area contributed by atoms with Crippen LogP contribution in [0.25, 0.3) is 0 Å². The third-order valence-electron chi connectivity index (χ3n) is 7.54. The maximum atomic E-state index is 13.7. The number of esters is 1. The second-order valence-corrected chi connectivity index (χ2v) is 9.71. The number of hydrogen-bond acceptors (Lipinski definition) is 6. The van der Waals surface area contributed by atoms with Gasteiger partial charge in [-0.15, -0.1) is 6.58 Å². The van der Waals surface area contributed by atoms with Gasteiger partial charge in [-0.25, -0.2) is 4.98 Å². The quantitative estimate of drug-likeness (QED) is 0.228. The average Bonchev–Trinajstić information content (AvgIpc) is 3.14. The van der Waals surface area contributed by atoms with Gasteiger partial charge in [0.05, 0.1) is 18.2 Å². The molecule has 2 saturated carbocycles. The highest BCUT2D eigenvalue weighted by molar-refractivity contribution is 5.91. The Hall–Kier alpha value is -3.06. The van der Waals surface area contributed by atoms with Crippen LogP contribution in [0.5, 0.6) is 0 Å². The molecule has 2 aliphatic rings. The largest absolute Gasteiger partial charge is 0.461 e. The van der Waals surface area contributed by atoms with Crippen molar-refractivity contribution in [2.75, 3.05) is 18.4 Å². The van der Waals surface area contributed by atoms with Gasteiger partial charge in [-0.1, -0.05) is 62.1 Å². The van der Waals surface area contributed by atoms with Gasteiger partial charge in [-0.2, -0.15) is 0 Å². The van der Waals surface area contributed by atoms with Gasteiger partial charge in [0.1, 0.15) is 6.10 Å². The molecule has 186 valence electrons. The number of carbonyl (C=O) groups is 2. The molecule has 2 aromatic rings. The summed E-state index contributed by atoms with van der Waals surface area (Å²) in [4.78, 5) is 33.8. The smallest absolute Gasteiger partial charge is 0.316 e. The molecule has 1 aromatic carbocycles. The van der Waals surface area contributed by atoms with Crippen molar-refractivity contribution < 1.29 is 14.3 Å². The lowest BCUT2D eigenvalue weighted by atomic mass is 9.68. The maximum Gasteiger partial charge on any atom is 0.316 e. The summed E-state index contributed by atoms with van der Waals surface area (Å²) < 4.78 is 6.23. The summed E-state index contributed by atoms with van der Waals surface area (Å²) in [5.41, 5.74) is 0.539. The summed E-state index contributed by atoms with van der Waals surface area (Å²) >= 11 is 0. The fourth-order valence-electron chi connectivity index (χ4n) is 5.48. The highest BCUT2D eigenvalue weighted by Crippen LogP contribution is 2.44.